The minimum absolute atomic E-state index is 0.129. The van der Waals surface area contributed by atoms with Gasteiger partial charge < -0.3 is 4.42 Å². The highest BCUT2D eigenvalue weighted by Crippen LogP contribution is 2.45. The summed E-state index contributed by atoms with van der Waals surface area (Å²) in [5.41, 5.74) is -3.11. The normalized spacial score (nSPS) is 18.0. The fraction of sp³-hybridized carbons (Fsp3) is 0. The summed E-state index contributed by atoms with van der Waals surface area (Å²) in [7, 11) is 0. The van der Waals surface area contributed by atoms with Crippen LogP contribution in [0.2, 0.25) is 0 Å². The molecule has 0 aliphatic carbocycles. The lowest BCUT2D eigenvalue weighted by atomic mass is 9.85. The molecule has 228 valence electrons. The monoisotopic (exact) mass is 644 g/mol. The zero-order valence-corrected chi connectivity index (χ0v) is 25.0. The summed E-state index contributed by atoms with van der Waals surface area (Å²) in [5, 5.41) is 0.277. The SMILES string of the molecule is [2H]c1c([2H])c([2H])c(-c2c([2H])c([2H])c(-c3c([2H])c([2H])c(-c4c5ccccc5c(-c5c([2H])c([2H])c6oc7c([2H])c8c([2H])c([2H])c([2H])c([2H])c8c([2H])c7c6c5[2H])c5ccccc45)c([2H])c3[2H])c([2H])c2[2H])c([2H])c1[2H]. The summed E-state index contributed by atoms with van der Waals surface area (Å²) in [6.45, 7) is 0. The average molecular weight is 645 g/mol. The van der Waals surface area contributed by atoms with Crippen molar-refractivity contribution in [2.75, 3.05) is 0 Å². The van der Waals surface area contributed by atoms with Gasteiger partial charge in [0.2, 0.25) is 0 Å². The molecule has 0 saturated heterocycles. The molecule has 0 fully saturated rings. The van der Waals surface area contributed by atoms with Crippen molar-refractivity contribution < 1.29 is 34.6 Å². The summed E-state index contributed by atoms with van der Waals surface area (Å²) >= 11 is 0. The van der Waals surface area contributed by atoms with E-state index in [9.17, 15) is 11.0 Å². The zero-order chi connectivity index (χ0) is 51.5. The Hall–Kier alpha value is -6.44. The van der Waals surface area contributed by atoms with Crippen molar-refractivity contribution in [3.63, 3.8) is 0 Å². The maximum absolute atomic E-state index is 9.77. The molecule has 0 aliphatic heterocycles. The van der Waals surface area contributed by atoms with E-state index in [0.29, 0.717) is 21.5 Å². The number of furan rings is 1. The molecule has 10 rings (SSSR count). The number of hydrogen-bond donors (Lipinski definition) is 0. The lowest BCUT2D eigenvalue weighted by Crippen LogP contribution is -1.91. The minimum Gasteiger partial charge on any atom is -0.456 e. The third-order valence-electron chi connectivity index (χ3n) is 8.32. The Bertz CT molecular complexity index is 4000. The number of benzene rings is 9. The highest BCUT2D eigenvalue weighted by molar-refractivity contribution is 6.22. The molecule has 0 saturated carbocycles. The Balaban J connectivity index is 1.26. The van der Waals surface area contributed by atoms with Crippen LogP contribution in [0, 0.1) is 0 Å². The molecule has 0 bridgehead atoms. The van der Waals surface area contributed by atoms with Crippen molar-refractivity contribution >= 4 is 54.3 Å². The van der Waals surface area contributed by atoms with Gasteiger partial charge in [-0.25, -0.2) is 0 Å². The molecule has 10 aromatic rings. The molecule has 1 nitrogen and oxygen atoms in total. The molecule has 9 aromatic carbocycles. The largest absolute Gasteiger partial charge is 0.456 e. The van der Waals surface area contributed by atoms with Crippen LogP contribution in [0.1, 0.15) is 30.2 Å². The highest BCUT2D eigenvalue weighted by Gasteiger charge is 2.18. The third kappa shape index (κ3) is 4.55. The fourth-order valence-corrected chi connectivity index (χ4v) is 6.15. The smallest absolute Gasteiger partial charge is 0.136 e. The van der Waals surface area contributed by atoms with Crippen LogP contribution >= 0.6 is 0 Å². The lowest BCUT2D eigenvalue weighted by molar-refractivity contribution is 0.669. The Morgan fingerprint density at radius 2 is 0.755 bits per heavy atom. The summed E-state index contributed by atoms with van der Waals surface area (Å²) in [6, 6.07) is -1.91. The molecule has 0 radical (unpaired) electrons. The Morgan fingerprint density at radius 1 is 0.327 bits per heavy atom. The van der Waals surface area contributed by atoms with E-state index in [2.05, 4.69) is 0 Å². The quantitative estimate of drug-likeness (QED) is 0.174. The zero-order valence-electron chi connectivity index (χ0n) is 47.0. The summed E-state index contributed by atoms with van der Waals surface area (Å²) in [4.78, 5) is 0. The highest BCUT2D eigenvalue weighted by atomic mass is 16.3. The van der Waals surface area contributed by atoms with E-state index < -0.39 is 155 Å². The van der Waals surface area contributed by atoms with E-state index in [-0.39, 0.29) is 55.0 Å². The molecule has 0 N–H and O–H groups in total. The van der Waals surface area contributed by atoms with Crippen LogP contribution in [-0.4, -0.2) is 0 Å². The maximum Gasteiger partial charge on any atom is 0.136 e. The Labute approximate surface area is 315 Å². The summed E-state index contributed by atoms with van der Waals surface area (Å²) in [6.07, 6.45) is 0. The topological polar surface area (TPSA) is 13.1 Å². The van der Waals surface area contributed by atoms with Crippen LogP contribution in [0.25, 0.3) is 98.8 Å². The molecule has 1 heterocycles. The van der Waals surface area contributed by atoms with Gasteiger partial charge in [0.15, 0.2) is 0 Å². The van der Waals surface area contributed by atoms with Gasteiger partial charge in [-0.05, 0) is 101 Å². The van der Waals surface area contributed by atoms with Crippen molar-refractivity contribution in [1.82, 2.24) is 0 Å². The van der Waals surface area contributed by atoms with Crippen molar-refractivity contribution in [3.8, 4) is 44.5 Å². The van der Waals surface area contributed by atoms with E-state index >= 15 is 0 Å². The van der Waals surface area contributed by atoms with Crippen molar-refractivity contribution in [2.24, 2.45) is 0 Å². The fourth-order valence-electron chi connectivity index (χ4n) is 6.15. The van der Waals surface area contributed by atoms with Crippen molar-refractivity contribution in [1.29, 1.82) is 0 Å². The van der Waals surface area contributed by atoms with Crippen LogP contribution in [0.5, 0.6) is 0 Å². The van der Waals surface area contributed by atoms with Crippen LogP contribution in [0.15, 0.2) is 186 Å². The first-order chi connectivity index (χ1) is 33.5. The summed E-state index contributed by atoms with van der Waals surface area (Å²) < 4.78 is 201. The second kappa shape index (κ2) is 11.1. The molecule has 0 spiro atoms. The molecule has 0 amide bonds. The van der Waals surface area contributed by atoms with Gasteiger partial charge in [0, 0.05) is 10.8 Å². The number of rotatable bonds is 4. The molecular weight excluding hydrogens is 593 g/mol. The first kappa shape index (κ1) is 13.6. The first-order valence-electron chi connectivity index (χ1n) is 26.1. The maximum atomic E-state index is 9.77. The van der Waals surface area contributed by atoms with Crippen LogP contribution in [0.3, 0.4) is 0 Å². The van der Waals surface area contributed by atoms with Crippen molar-refractivity contribution in [2.45, 2.75) is 0 Å². The second-order valence-corrected chi connectivity index (χ2v) is 11.1. The van der Waals surface area contributed by atoms with Crippen LogP contribution < -0.4 is 0 Å². The van der Waals surface area contributed by atoms with Crippen LogP contribution in [0.4, 0.5) is 0 Å². The number of hydrogen-bond acceptors (Lipinski definition) is 1. The number of fused-ring (bicyclic) bond motifs is 6. The molecule has 1 aromatic heterocycles. The van der Waals surface area contributed by atoms with Gasteiger partial charge in [-0.3, -0.25) is 0 Å². The predicted molar refractivity (Wildman–Crippen MR) is 208 cm³/mol. The van der Waals surface area contributed by atoms with E-state index in [1.807, 2.05) is 0 Å². The first-order valence-corrected chi connectivity index (χ1v) is 15.1. The Morgan fingerprint density at radius 3 is 1.33 bits per heavy atom. The van der Waals surface area contributed by atoms with Gasteiger partial charge in [0.05, 0.1) is 30.2 Å². The van der Waals surface area contributed by atoms with E-state index in [1.165, 1.54) is 0 Å². The molecular formula is C48H30O. The van der Waals surface area contributed by atoms with E-state index in [0.717, 1.165) is 0 Å². The predicted octanol–water partition coefficient (Wildman–Crippen LogP) is 13.7. The minimum atomic E-state index is -0.857. The van der Waals surface area contributed by atoms with Gasteiger partial charge in [-0.15, -0.1) is 0 Å². The molecule has 0 atom stereocenters. The average Bonchev–Trinajstić information content (AvgIpc) is 3.77. The summed E-state index contributed by atoms with van der Waals surface area (Å²) in [5.74, 6) is 0. The van der Waals surface area contributed by atoms with Crippen LogP contribution in [-0.2, 0) is 0 Å². The molecule has 1 heteroatoms. The van der Waals surface area contributed by atoms with Gasteiger partial charge in [0.25, 0.3) is 0 Å². The second-order valence-electron chi connectivity index (χ2n) is 11.1. The van der Waals surface area contributed by atoms with E-state index in [1.54, 1.807) is 48.5 Å². The van der Waals surface area contributed by atoms with Crippen molar-refractivity contribution in [3.05, 3.63) is 181 Å². The Kier molecular flexibility index (Phi) is 3.07. The van der Waals surface area contributed by atoms with Gasteiger partial charge >= 0.3 is 0 Å². The van der Waals surface area contributed by atoms with Gasteiger partial charge in [-0.2, -0.15) is 0 Å². The van der Waals surface area contributed by atoms with E-state index in [4.69, 9.17) is 23.6 Å². The lowest BCUT2D eigenvalue weighted by Gasteiger charge is -2.18. The molecule has 49 heavy (non-hydrogen) atoms. The van der Waals surface area contributed by atoms with Gasteiger partial charge in [0.1, 0.15) is 11.2 Å². The third-order valence-corrected chi connectivity index (χ3v) is 8.32. The molecule has 0 aliphatic rings. The molecule has 0 unspecified atom stereocenters. The van der Waals surface area contributed by atoms with Gasteiger partial charge in [-0.1, -0.05) is 157 Å². The standard InChI is InChI=1S/C48H30O/c1-2-10-31(11-3-1)32-18-20-33(21-19-32)34-22-24-35(25-23-34)47-39-14-6-8-16-41(39)48(42-17-9-7-15-40(42)47)38-26-27-45-43(29-38)44-28-36-12-4-5-13-37(36)30-46(44)49-45/h1-30H/i1D,2D,3D,4D,5D,10D,11D,12D,13D,18D,19D,20D,21D,22D,23D,24D,25D,26D,27D,28D,29D,30D.